The largest absolute Gasteiger partial charge is 0.496 e. The monoisotopic (exact) mass is 786 g/mol. The van der Waals surface area contributed by atoms with Gasteiger partial charge in [-0.05, 0) is 66.2 Å². The Labute approximate surface area is 332 Å². The smallest absolute Gasteiger partial charge is 0.272 e. The molecule has 1 aromatic heterocycles. The van der Waals surface area contributed by atoms with Crippen LogP contribution in [0.3, 0.4) is 0 Å². The summed E-state index contributed by atoms with van der Waals surface area (Å²) in [6.45, 7) is 0. The Bertz CT molecular complexity index is 2330. The molecular weight excluding hydrogens is 749 g/mol. The number of anilines is 2. The zero-order valence-corrected chi connectivity index (χ0v) is 32.5. The van der Waals surface area contributed by atoms with Crippen LogP contribution in [0.5, 0.6) is 23.0 Å². The predicted octanol–water partition coefficient (Wildman–Crippen LogP) is 8.73. The molecule has 0 bridgehead atoms. The number of carbonyl (C=O) groups excluding carboxylic acids is 3. The molecule has 1 atom stereocenters. The Hall–Kier alpha value is -6.57. The van der Waals surface area contributed by atoms with Crippen molar-refractivity contribution in [2.45, 2.75) is 10.1 Å². The highest BCUT2D eigenvalue weighted by molar-refractivity contribution is 8.00. The van der Waals surface area contributed by atoms with Crippen LogP contribution in [0.1, 0.15) is 26.7 Å². The van der Waals surface area contributed by atoms with Crippen molar-refractivity contribution in [1.29, 1.82) is 0 Å². The van der Waals surface area contributed by atoms with Gasteiger partial charge in [0.25, 0.3) is 11.8 Å². The second kappa shape index (κ2) is 18.7. The summed E-state index contributed by atoms with van der Waals surface area (Å²) in [4.78, 5) is 46.4. The molecule has 0 aliphatic heterocycles. The van der Waals surface area contributed by atoms with Crippen LogP contribution in [0.4, 0.5) is 10.8 Å². The van der Waals surface area contributed by atoms with Crippen LogP contribution in [0.25, 0.3) is 17.3 Å². The molecule has 3 amide bonds. The van der Waals surface area contributed by atoms with E-state index in [-0.39, 0.29) is 11.6 Å². The third kappa shape index (κ3) is 9.56. The van der Waals surface area contributed by atoms with E-state index in [9.17, 15) is 14.4 Å². The standard InChI is InChI=1S/C43H38N4O7S2/c1-51-35-18-12-11-17-32(35)34-26-55-43(46-34)47-42(50)39(27-13-7-5-8-14-27)56-31-21-19-30(20-22-31)44-41(49)33(45-40(48)28-15-9-6-10-16-28)23-29-24-37(53-3)38(54-4)25-36(29)52-2/h5-26,39H,1-4H3,(H,44,49)(H,45,48)(H,46,47,50)/b33-23-. The van der Waals surface area contributed by atoms with Crippen molar-refractivity contribution in [3.05, 3.63) is 149 Å². The fourth-order valence-corrected chi connectivity index (χ4v) is 7.34. The molecule has 56 heavy (non-hydrogen) atoms. The van der Waals surface area contributed by atoms with Crippen LogP contribution in [0.2, 0.25) is 0 Å². The van der Waals surface area contributed by atoms with E-state index in [2.05, 4.69) is 20.9 Å². The number of methoxy groups -OCH3 is 4. The highest BCUT2D eigenvalue weighted by atomic mass is 32.2. The van der Waals surface area contributed by atoms with Gasteiger partial charge >= 0.3 is 0 Å². The molecule has 284 valence electrons. The number of thioether (sulfide) groups is 1. The maximum atomic E-state index is 13.8. The molecule has 0 saturated carbocycles. The van der Waals surface area contributed by atoms with E-state index in [1.54, 1.807) is 61.7 Å². The first-order valence-corrected chi connectivity index (χ1v) is 19.0. The first kappa shape index (κ1) is 39.1. The average molecular weight is 787 g/mol. The lowest BCUT2D eigenvalue weighted by molar-refractivity contribution is -0.116. The van der Waals surface area contributed by atoms with Gasteiger partial charge in [-0.15, -0.1) is 23.1 Å². The van der Waals surface area contributed by atoms with Gasteiger partial charge in [-0.2, -0.15) is 0 Å². The molecule has 5 aromatic carbocycles. The van der Waals surface area contributed by atoms with E-state index < -0.39 is 17.1 Å². The fourth-order valence-electron chi connectivity index (χ4n) is 5.60. The summed E-state index contributed by atoms with van der Waals surface area (Å²) in [6.07, 6.45) is 1.51. The maximum absolute atomic E-state index is 13.8. The van der Waals surface area contributed by atoms with Crippen molar-refractivity contribution in [2.75, 3.05) is 39.1 Å². The molecule has 6 rings (SSSR count). The van der Waals surface area contributed by atoms with E-state index in [4.69, 9.17) is 18.9 Å². The number of amides is 3. The second-order valence-corrected chi connectivity index (χ2v) is 14.0. The first-order chi connectivity index (χ1) is 27.3. The van der Waals surface area contributed by atoms with Gasteiger partial charge in [0.05, 0.1) is 34.1 Å². The number of thiazole rings is 1. The number of hydrogen-bond acceptors (Lipinski definition) is 10. The van der Waals surface area contributed by atoms with Crippen LogP contribution >= 0.6 is 23.1 Å². The minimum Gasteiger partial charge on any atom is -0.496 e. The van der Waals surface area contributed by atoms with E-state index >= 15 is 0 Å². The molecule has 0 aliphatic carbocycles. The summed E-state index contributed by atoms with van der Waals surface area (Å²) in [6, 6.07) is 36.0. The number of benzene rings is 5. The summed E-state index contributed by atoms with van der Waals surface area (Å²) >= 11 is 2.69. The Morgan fingerprint density at radius 1 is 0.696 bits per heavy atom. The SMILES string of the molecule is COc1cc(OC)c(OC)cc1/C=C(\NC(=O)c1ccccc1)C(=O)Nc1ccc(SC(C(=O)Nc2nc(-c3ccccc3OC)cs2)c2ccccc2)cc1. The lowest BCUT2D eigenvalue weighted by atomic mass is 10.1. The molecule has 6 aromatic rings. The Balaban J connectivity index is 1.21. The van der Waals surface area contributed by atoms with Gasteiger partial charge in [0.2, 0.25) is 5.91 Å². The van der Waals surface area contributed by atoms with Crippen molar-refractivity contribution < 1.29 is 33.3 Å². The second-order valence-electron chi connectivity index (χ2n) is 11.9. The maximum Gasteiger partial charge on any atom is 0.272 e. The zero-order chi connectivity index (χ0) is 39.4. The lowest BCUT2D eigenvalue weighted by Crippen LogP contribution is -2.30. The van der Waals surface area contributed by atoms with Crippen LogP contribution < -0.4 is 34.9 Å². The number of carbonyl (C=O) groups is 3. The third-order valence-corrected chi connectivity index (χ3v) is 10.4. The van der Waals surface area contributed by atoms with E-state index in [1.165, 1.54) is 50.5 Å². The van der Waals surface area contributed by atoms with E-state index in [0.29, 0.717) is 50.6 Å². The number of nitrogens with zero attached hydrogens (tertiary/aromatic N) is 1. The molecule has 13 heteroatoms. The molecule has 3 N–H and O–H groups in total. The van der Waals surface area contributed by atoms with Crippen molar-refractivity contribution in [1.82, 2.24) is 10.3 Å². The van der Waals surface area contributed by atoms with Gasteiger partial charge in [0, 0.05) is 38.7 Å². The first-order valence-electron chi connectivity index (χ1n) is 17.2. The summed E-state index contributed by atoms with van der Waals surface area (Å²) in [5.41, 5.74) is 3.60. The Kier molecular flexibility index (Phi) is 13.0. The minimum atomic E-state index is -0.616. The summed E-state index contributed by atoms with van der Waals surface area (Å²) in [7, 11) is 6.11. The van der Waals surface area contributed by atoms with Gasteiger partial charge in [-0.1, -0.05) is 60.7 Å². The summed E-state index contributed by atoms with van der Waals surface area (Å²) in [5, 5.41) is 10.3. The molecule has 0 fully saturated rings. The van der Waals surface area contributed by atoms with Gasteiger partial charge in [-0.25, -0.2) is 4.98 Å². The molecule has 0 spiro atoms. The van der Waals surface area contributed by atoms with Gasteiger partial charge in [0.1, 0.15) is 22.4 Å². The molecular formula is C43H38N4O7S2. The number of nitrogens with one attached hydrogen (secondary N) is 3. The average Bonchev–Trinajstić information content (AvgIpc) is 3.71. The predicted molar refractivity (Wildman–Crippen MR) is 221 cm³/mol. The van der Waals surface area contributed by atoms with Crippen molar-refractivity contribution in [3.8, 4) is 34.3 Å². The molecule has 0 radical (unpaired) electrons. The Morgan fingerprint density at radius 3 is 2.00 bits per heavy atom. The van der Waals surface area contributed by atoms with Crippen molar-refractivity contribution in [3.63, 3.8) is 0 Å². The van der Waals surface area contributed by atoms with Crippen LogP contribution in [0, 0.1) is 0 Å². The third-order valence-electron chi connectivity index (χ3n) is 8.39. The van der Waals surface area contributed by atoms with E-state index in [0.717, 1.165) is 16.0 Å². The normalized spacial score (nSPS) is 11.5. The highest BCUT2D eigenvalue weighted by Crippen LogP contribution is 2.39. The molecule has 11 nitrogen and oxygen atoms in total. The lowest BCUT2D eigenvalue weighted by Gasteiger charge is -2.17. The quantitative estimate of drug-likeness (QED) is 0.0690. The van der Waals surface area contributed by atoms with E-state index in [1.807, 2.05) is 72.1 Å². The molecule has 1 heterocycles. The van der Waals surface area contributed by atoms with Crippen LogP contribution in [-0.2, 0) is 9.59 Å². The van der Waals surface area contributed by atoms with Crippen molar-refractivity contribution in [2.24, 2.45) is 0 Å². The van der Waals surface area contributed by atoms with Gasteiger partial charge < -0.3 is 34.9 Å². The number of aromatic nitrogens is 1. The number of hydrogen-bond donors (Lipinski definition) is 3. The van der Waals surface area contributed by atoms with Crippen LogP contribution in [-0.4, -0.2) is 51.1 Å². The number of para-hydroxylation sites is 1. The Morgan fingerprint density at radius 2 is 1.32 bits per heavy atom. The van der Waals surface area contributed by atoms with Crippen molar-refractivity contribution >= 4 is 57.7 Å². The fraction of sp³-hybridized carbons (Fsp3) is 0.116. The molecule has 0 saturated heterocycles. The number of rotatable bonds is 15. The highest BCUT2D eigenvalue weighted by Gasteiger charge is 2.24. The summed E-state index contributed by atoms with van der Waals surface area (Å²) < 4.78 is 21.9. The zero-order valence-electron chi connectivity index (χ0n) is 30.9. The minimum absolute atomic E-state index is 0.0420. The van der Waals surface area contributed by atoms with Gasteiger partial charge in [-0.3, -0.25) is 14.4 Å². The van der Waals surface area contributed by atoms with Gasteiger partial charge in [0.15, 0.2) is 16.6 Å². The van der Waals surface area contributed by atoms with Crippen LogP contribution in [0.15, 0.2) is 137 Å². The molecule has 0 aliphatic rings. The number of ether oxygens (including phenoxy) is 4. The molecule has 1 unspecified atom stereocenters. The topological polar surface area (TPSA) is 137 Å². The summed E-state index contributed by atoms with van der Waals surface area (Å²) in [5.74, 6) is 0.637.